The Morgan fingerprint density at radius 2 is 2.00 bits per heavy atom. The summed E-state index contributed by atoms with van der Waals surface area (Å²) in [6, 6.07) is 0. The molecule has 0 rings (SSSR count). The Hall–Kier alpha value is 0.310. The van der Waals surface area contributed by atoms with Crippen LogP contribution in [0.15, 0.2) is 0 Å². The maximum atomic E-state index is 9.53. The summed E-state index contributed by atoms with van der Waals surface area (Å²) in [5.74, 6) is 2.72. The zero-order valence-electron chi connectivity index (χ0n) is 7.84. The minimum absolute atomic E-state index is 0.0842. The van der Waals surface area contributed by atoms with Crippen molar-refractivity contribution in [1.29, 1.82) is 0 Å². The highest BCUT2D eigenvalue weighted by Gasteiger charge is 2.10. The Kier molecular flexibility index (Phi) is 7.18. The van der Waals surface area contributed by atoms with E-state index in [0.29, 0.717) is 5.92 Å². The zero-order chi connectivity index (χ0) is 8.69. The van der Waals surface area contributed by atoms with Crippen LogP contribution >= 0.6 is 11.8 Å². The molecule has 0 aromatic rings. The Morgan fingerprint density at radius 3 is 2.45 bits per heavy atom. The van der Waals surface area contributed by atoms with Crippen molar-refractivity contribution in [2.45, 2.75) is 39.7 Å². The summed E-state index contributed by atoms with van der Waals surface area (Å²) in [5, 5.41) is 9.53. The fourth-order valence-electron chi connectivity index (χ4n) is 0.905. The Balaban J connectivity index is 3.28. The third-order valence-corrected chi connectivity index (χ3v) is 3.00. The van der Waals surface area contributed by atoms with Gasteiger partial charge in [0, 0.05) is 0 Å². The zero-order valence-corrected chi connectivity index (χ0v) is 8.66. The van der Waals surface area contributed by atoms with Crippen LogP contribution < -0.4 is 0 Å². The molecule has 0 aliphatic rings. The average Bonchev–Trinajstić information content (AvgIpc) is 2.03. The van der Waals surface area contributed by atoms with Crippen LogP contribution in [0.25, 0.3) is 0 Å². The molecule has 1 nitrogen and oxygen atoms in total. The number of thioether (sulfide) groups is 1. The molecule has 0 saturated heterocycles. The molecule has 0 aromatic carbocycles. The fourth-order valence-corrected chi connectivity index (χ4v) is 1.60. The lowest BCUT2D eigenvalue weighted by atomic mass is 10.0. The highest BCUT2D eigenvalue weighted by Crippen LogP contribution is 2.13. The van der Waals surface area contributed by atoms with Gasteiger partial charge in [0.05, 0.1) is 6.10 Å². The van der Waals surface area contributed by atoms with Gasteiger partial charge in [-0.25, -0.2) is 0 Å². The summed E-state index contributed by atoms with van der Waals surface area (Å²) in [6.07, 6.45) is 1.95. The maximum absolute atomic E-state index is 9.53. The van der Waals surface area contributed by atoms with Gasteiger partial charge in [0.2, 0.25) is 0 Å². The van der Waals surface area contributed by atoms with Gasteiger partial charge in [0.15, 0.2) is 0 Å². The quantitative estimate of drug-likeness (QED) is 0.628. The molecule has 2 unspecified atom stereocenters. The summed E-state index contributed by atoms with van der Waals surface area (Å²) in [5.41, 5.74) is 0. The first-order valence-corrected chi connectivity index (χ1v) is 5.63. The molecule has 0 aliphatic heterocycles. The molecule has 0 spiro atoms. The monoisotopic (exact) mass is 176 g/mol. The maximum Gasteiger partial charge on any atom is 0.0573 e. The molecule has 0 aliphatic carbocycles. The van der Waals surface area contributed by atoms with Crippen molar-refractivity contribution in [2.75, 3.05) is 11.5 Å². The molecule has 11 heavy (non-hydrogen) atoms. The summed E-state index contributed by atoms with van der Waals surface area (Å²) >= 11 is 1.90. The number of hydrogen-bond acceptors (Lipinski definition) is 2. The van der Waals surface area contributed by atoms with Crippen molar-refractivity contribution in [3.63, 3.8) is 0 Å². The van der Waals surface area contributed by atoms with Crippen LogP contribution in [0.3, 0.4) is 0 Å². The molecule has 0 saturated carbocycles. The number of aliphatic hydroxyl groups excluding tert-OH is 1. The normalized spacial score (nSPS) is 16.4. The molecule has 0 fully saturated rings. The molecule has 2 heteroatoms. The van der Waals surface area contributed by atoms with Crippen molar-refractivity contribution in [1.82, 2.24) is 0 Å². The lowest BCUT2D eigenvalue weighted by molar-refractivity contribution is 0.112. The minimum atomic E-state index is -0.0842. The van der Waals surface area contributed by atoms with Gasteiger partial charge in [0.25, 0.3) is 0 Å². The van der Waals surface area contributed by atoms with Gasteiger partial charge in [-0.05, 0) is 23.8 Å². The largest absolute Gasteiger partial charge is 0.393 e. The molecule has 68 valence electrons. The summed E-state index contributed by atoms with van der Waals surface area (Å²) in [7, 11) is 0. The Bertz CT molecular complexity index is 85.6. The number of aliphatic hydroxyl groups is 1. The SMILES string of the molecule is CCSCCC(O)C(C)CC. The number of rotatable bonds is 6. The van der Waals surface area contributed by atoms with Crippen molar-refractivity contribution >= 4 is 11.8 Å². The van der Waals surface area contributed by atoms with Gasteiger partial charge in [-0.15, -0.1) is 0 Å². The first-order valence-electron chi connectivity index (χ1n) is 4.48. The highest BCUT2D eigenvalue weighted by molar-refractivity contribution is 7.99. The molecule has 0 aromatic heterocycles. The topological polar surface area (TPSA) is 20.2 Å². The summed E-state index contributed by atoms with van der Waals surface area (Å²) in [4.78, 5) is 0. The summed E-state index contributed by atoms with van der Waals surface area (Å²) < 4.78 is 0. The summed E-state index contributed by atoms with van der Waals surface area (Å²) in [6.45, 7) is 6.39. The van der Waals surface area contributed by atoms with Gasteiger partial charge < -0.3 is 5.11 Å². The van der Waals surface area contributed by atoms with E-state index in [0.717, 1.165) is 24.3 Å². The molecule has 0 heterocycles. The molecule has 0 amide bonds. The first-order chi connectivity index (χ1) is 5.22. The van der Waals surface area contributed by atoms with Crippen LogP contribution in [-0.4, -0.2) is 22.7 Å². The van der Waals surface area contributed by atoms with E-state index in [1.165, 1.54) is 0 Å². The molecule has 0 bridgehead atoms. The van der Waals surface area contributed by atoms with Gasteiger partial charge >= 0.3 is 0 Å². The van der Waals surface area contributed by atoms with E-state index in [1.54, 1.807) is 0 Å². The van der Waals surface area contributed by atoms with Crippen molar-refractivity contribution in [2.24, 2.45) is 5.92 Å². The fraction of sp³-hybridized carbons (Fsp3) is 1.00. The second-order valence-corrected chi connectivity index (χ2v) is 4.33. The number of hydrogen-bond donors (Lipinski definition) is 1. The van der Waals surface area contributed by atoms with E-state index < -0.39 is 0 Å². The van der Waals surface area contributed by atoms with Gasteiger partial charge in [-0.3, -0.25) is 0 Å². The average molecular weight is 176 g/mol. The first kappa shape index (κ1) is 11.3. The van der Waals surface area contributed by atoms with Crippen LogP contribution in [0.4, 0.5) is 0 Å². The second kappa shape index (κ2) is 6.99. The van der Waals surface area contributed by atoms with E-state index in [1.807, 2.05) is 11.8 Å². The van der Waals surface area contributed by atoms with Crippen molar-refractivity contribution in [3.8, 4) is 0 Å². The predicted molar refractivity (Wildman–Crippen MR) is 53.1 cm³/mol. The van der Waals surface area contributed by atoms with E-state index in [4.69, 9.17) is 0 Å². The minimum Gasteiger partial charge on any atom is -0.393 e. The van der Waals surface area contributed by atoms with E-state index in [-0.39, 0.29) is 6.10 Å². The van der Waals surface area contributed by atoms with Crippen LogP contribution in [0.5, 0.6) is 0 Å². The standard InChI is InChI=1S/C9H20OS/c1-4-8(3)9(10)6-7-11-5-2/h8-10H,4-7H2,1-3H3. The molecule has 0 radical (unpaired) electrons. The van der Waals surface area contributed by atoms with Crippen LogP contribution in [-0.2, 0) is 0 Å². The van der Waals surface area contributed by atoms with Crippen molar-refractivity contribution < 1.29 is 5.11 Å². The van der Waals surface area contributed by atoms with E-state index in [9.17, 15) is 5.11 Å². The Morgan fingerprint density at radius 1 is 1.36 bits per heavy atom. The molecule has 2 atom stereocenters. The highest BCUT2D eigenvalue weighted by atomic mass is 32.2. The lowest BCUT2D eigenvalue weighted by Crippen LogP contribution is -2.17. The van der Waals surface area contributed by atoms with Gasteiger partial charge in [-0.1, -0.05) is 27.2 Å². The molecular formula is C9H20OS. The predicted octanol–water partition coefficient (Wildman–Crippen LogP) is 2.54. The van der Waals surface area contributed by atoms with Crippen LogP contribution in [0, 0.1) is 5.92 Å². The second-order valence-electron chi connectivity index (χ2n) is 2.94. The lowest BCUT2D eigenvalue weighted by Gasteiger charge is -2.16. The smallest absolute Gasteiger partial charge is 0.0573 e. The van der Waals surface area contributed by atoms with Gasteiger partial charge in [-0.2, -0.15) is 11.8 Å². The van der Waals surface area contributed by atoms with Crippen LogP contribution in [0.1, 0.15) is 33.6 Å². The van der Waals surface area contributed by atoms with E-state index >= 15 is 0 Å². The molecule has 1 N–H and O–H groups in total. The van der Waals surface area contributed by atoms with Crippen LogP contribution in [0.2, 0.25) is 0 Å². The van der Waals surface area contributed by atoms with E-state index in [2.05, 4.69) is 20.8 Å². The molecular weight excluding hydrogens is 156 g/mol. The third kappa shape index (κ3) is 5.57. The Labute approximate surface area is 74.6 Å². The van der Waals surface area contributed by atoms with Gasteiger partial charge in [0.1, 0.15) is 0 Å². The van der Waals surface area contributed by atoms with Crippen molar-refractivity contribution in [3.05, 3.63) is 0 Å². The third-order valence-electron chi connectivity index (χ3n) is 2.06.